The highest BCUT2D eigenvalue weighted by Gasteiger charge is 2.13. The predicted molar refractivity (Wildman–Crippen MR) is 72.9 cm³/mol. The number of hydrogen-bond acceptors (Lipinski definition) is 4. The molecular weight excluding hydrogens is 234 g/mol. The van der Waals surface area contributed by atoms with Gasteiger partial charge in [-0.1, -0.05) is 43.5 Å². The van der Waals surface area contributed by atoms with Crippen molar-refractivity contribution in [3.05, 3.63) is 28.8 Å². The Morgan fingerprint density at radius 3 is 2.65 bits per heavy atom. The lowest BCUT2D eigenvalue weighted by atomic mass is 10.2. The number of hydrogen-bond donors (Lipinski definition) is 1. The summed E-state index contributed by atoms with van der Waals surface area (Å²) >= 11 is 1.18. The van der Waals surface area contributed by atoms with E-state index in [0.29, 0.717) is 0 Å². The molecule has 0 fully saturated rings. The van der Waals surface area contributed by atoms with Gasteiger partial charge in [0.1, 0.15) is 0 Å². The van der Waals surface area contributed by atoms with Crippen molar-refractivity contribution < 1.29 is 4.79 Å². The number of rotatable bonds is 4. The number of aromatic nitrogens is 2. The average molecular weight is 253 g/mol. The number of carbonyl (C=O) groups excluding carboxylic acids is 1. The second kappa shape index (κ2) is 8.64. The SMILES string of the molecule is CC.CC/C=C\C=C(/C)c1snnc1C(N)=O. The Kier molecular flexibility index (Phi) is 7.88. The molecule has 0 atom stereocenters. The molecule has 0 saturated heterocycles. The first-order valence-corrected chi connectivity index (χ1v) is 6.40. The summed E-state index contributed by atoms with van der Waals surface area (Å²) in [5.41, 5.74) is 6.37. The van der Waals surface area contributed by atoms with Crippen LogP contribution in [0.2, 0.25) is 0 Å². The Bertz CT molecular complexity index is 408. The molecule has 0 aliphatic rings. The molecule has 0 saturated carbocycles. The van der Waals surface area contributed by atoms with E-state index >= 15 is 0 Å². The molecule has 1 aromatic rings. The highest BCUT2D eigenvalue weighted by atomic mass is 32.1. The van der Waals surface area contributed by atoms with Crippen LogP contribution in [-0.2, 0) is 0 Å². The van der Waals surface area contributed by atoms with Crippen LogP contribution in [-0.4, -0.2) is 15.5 Å². The molecule has 94 valence electrons. The lowest BCUT2D eigenvalue weighted by molar-refractivity contribution is 0.0995. The molecule has 0 radical (unpaired) electrons. The third-order valence-corrected chi connectivity index (χ3v) is 2.66. The van der Waals surface area contributed by atoms with E-state index in [4.69, 9.17) is 5.73 Å². The monoisotopic (exact) mass is 253 g/mol. The molecule has 1 rings (SSSR count). The van der Waals surface area contributed by atoms with Crippen molar-refractivity contribution in [2.75, 3.05) is 0 Å². The van der Waals surface area contributed by atoms with Gasteiger partial charge in [-0.2, -0.15) is 0 Å². The van der Waals surface area contributed by atoms with Crippen molar-refractivity contribution in [1.29, 1.82) is 0 Å². The van der Waals surface area contributed by atoms with E-state index in [2.05, 4.69) is 16.5 Å². The van der Waals surface area contributed by atoms with E-state index in [0.717, 1.165) is 16.9 Å². The minimum absolute atomic E-state index is 0.249. The maximum Gasteiger partial charge on any atom is 0.270 e. The van der Waals surface area contributed by atoms with Gasteiger partial charge in [0.15, 0.2) is 5.69 Å². The van der Waals surface area contributed by atoms with Crippen LogP contribution in [0.25, 0.3) is 5.57 Å². The Labute approximate surface area is 106 Å². The minimum Gasteiger partial charge on any atom is -0.364 e. The summed E-state index contributed by atoms with van der Waals surface area (Å²) < 4.78 is 3.72. The fraction of sp³-hybridized carbons (Fsp3) is 0.417. The van der Waals surface area contributed by atoms with Crippen molar-refractivity contribution in [2.45, 2.75) is 34.1 Å². The molecule has 0 aromatic carbocycles. The molecule has 1 amide bonds. The van der Waals surface area contributed by atoms with Crippen LogP contribution < -0.4 is 5.73 Å². The zero-order valence-electron chi connectivity index (χ0n) is 10.7. The summed E-state index contributed by atoms with van der Waals surface area (Å²) in [5.74, 6) is -0.536. The number of nitrogens with zero attached hydrogens (tertiary/aromatic N) is 2. The second-order valence-electron chi connectivity index (χ2n) is 3.00. The Morgan fingerprint density at radius 2 is 2.12 bits per heavy atom. The predicted octanol–water partition coefficient (Wildman–Crippen LogP) is 3.03. The Balaban J connectivity index is 0.00000121. The van der Waals surface area contributed by atoms with Crippen LogP contribution in [0.5, 0.6) is 0 Å². The smallest absolute Gasteiger partial charge is 0.270 e. The summed E-state index contributed by atoms with van der Waals surface area (Å²) in [4.78, 5) is 11.7. The first-order chi connectivity index (χ1) is 8.16. The van der Waals surface area contributed by atoms with Crippen molar-refractivity contribution in [3.8, 4) is 0 Å². The van der Waals surface area contributed by atoms with E-state index in [-0.39, 0.29) is 5.69 Å². The zero-order chi connectivity index (χ0) is 13.3. The molecule has 17 heavy (non-hydrogen) atoms. The zero-order valence-corrected chi connectivity index (χ0v) is 11.5. The molecule has 5 heteroatoms. The van der Waals surface area contributed by atoms with Gasteiger partial charge in [-0.25, -0.2) is 0 Å². The summed E-state index contributed by atoms with van der Waals surface area (Å²) in [5, 5.41) is 3.69. The summed E-state index contributed by atoms with van der Waals surface area (Å²) in [6.45, 7) is 7.96. The van der Waals surface area contributed by atoms with Crippen LogP contribution >= 0.6 is 11.5 Å². The molecular formula is C12H19N3OS. The number of carbonyl (C=O) groups is 1. The topological polar surface area (TPSA) is 68.9 Å². The van der Waals surface area contributed by atoms with Gasteiger partial charge < -0.3 is 5.73 Å². The summed E-state index contributed by atoms with van der Waals surface area (Å²) in [6.07, 6.45) is 6.88. The molecule has 0 unspecified atom stereocenters. The Hall–Kier alpha value is -1.49. The highest BCUT2D eigenvalue weighted by Crippen LogP contribution is 2.20. The number of primary amides is 1. The van der Waals surface area contributed by atoms with Gasteiger partial charge in [0.25, 0.3) is 5.91 Å². The van der Waals surface area contributed by atoms with Gasteiger partial charge >= 0.3 is 0 Å². The normalized spacial score (nSPS) is 11.2. The van der Waals surface area contributed by atoms with Gasteiger partial charge in [-0.3, -0.25) is 4.79 Å². The molecule has 0 spiro atoms. The molecule has 1 aromatic heterocycles. The number of allylic oxidation sites excluding steroid dienone is 4. The van der Waals surface area contributed by atoms with Crippen molar-refractivity contribution in [3.63, 3.8) is 0 Å². The number of nitrogens with two attached hydrogens (primary N) is 1. The van der Waals surface area contributed by atoms with Crippen LogP contribution in [0.15, 0.2) is 18.2 Å². The van der Waals surface area contributed by atoms with Crippen molar-refractivity contribution in [1.82, 2.24) is 9.59 Å². The first-order valence-electron chi connectivity index (χ1n) is 5.62. The highest BCUT2D eigenvalue weighted by molar-refractivity contribution is 7.07. The first kappa shape index (κ1) is 15.5. The molecule has 0 aliphatic carbocycles. The molecule has 0 bridgehead atoms. The lowest BCUT2D eigenvalue weighted by Crippen LogP contribution is -2.13. The van der Waals surface area contributed by atoms with Crippen molar-refractivity contribution >= 4 is 23.0 Å². The minimum atomic E-state index is -0.536. The van der Waals surface area contributed by atoms with Crippen LogP contribution in [0.1, 0.15) is 49.5 Å². The largest absolute Gasteiger partial charge is 0.364 e. The van der Waals surface area contributed by atoms with E-state index in [1.54, 1.807) is 0 Å². The summed E-state index contributed by atoms with van der Waals surface area (Å²) in [6, 6.07) is 0. The van der Waals surface area contributed by atoms with Gasteiger partial charge in [0.05, 0.1) is 4.88 Å². The third-order valence-electron chi connectivity index (χ3n) is 1.80. The quantitative estimate of drug-likeness (QED) is 0.838. The van der Waals surface area contributed by atoms with E-state index in [1.807, 2.05) is 39.0 Å². The van der Waals surface area contributed by atoms with E-state index < -0.39 is 5.91 Å². The van der Waals surface area contributed by atoms with Crippen LogP contribution in [0, 0.1) is 0 Å². The van der Waals surface area contributed by atoms with Crippen LogP contribution in [0.3, 0.4) is 0 Å². The Morgan fingerprint density at radius 1 is 1.47 bits per heavy atom. The standard InChI is InChI=1S/C10H13N3OS.C2H6/c1-3-4-5-6-7(2)9-8(10(11)14)12-13-15-9;1-2/h4-6H,3H2,1-2H3,(H2,11,14);1-2H3/b5-4-,7-6+;. The lowest BCUT2D eigenvalue weighted by Gasteiger charge is -1.95. The molecule has 2 N–H and O–H groups in total. The molecule has 1 heterocycles. The van der Waals surface area contributed by atoms with Gasteiger partial charge in [0, 0.05) is 0 Å². The maximum absolute atomic E-state index is 11.0. The molecule has 4 nitrogen and oxygen atoms in total. The van der Waals surface area contributed by atoms with E-state index in [1.165, 1.54) is 11.5 Å². The molecule has 0 aliphatic heterocycles. The van der Waals surface area contributed by atoms with Gasteiger partial charge in [-0.15, -0.1) is 5.10 Å². The third kappa shape index (κ3) is 4.91. The van der Waals surface area contributed by atoms with Crippen molar-refractivity contribution in [2.24, 2.45) is 5.73 Å². The fourth-order valence-electron chi connectivity index (χ4n) is 1.03. The summed E-state index contributed by atoms with van der Waals surface area (Å²) in [7, 11) is 0. The van der Waals surface area contributed by atoms with Gasteiger partial charge in [0.2, 0.25) is 0 Å². The van der Waals surface area contributed by atoms with Crippen LogP contribution in [0.4, 0.5) is 0 Å². The van der Waals surface area contributed by atoms with E-state index in [9.17, 15) is 4.79 Å². The number of amides is 1. The maximum atomic E-state index is 11.0. The second-order valence-corrected chi connectivity index (χ2v) is 3.76. The average Bonchev–Trinajstić information content (AvgIpc) is 2.81. The van der Waals surface area contributed by atoms with Gasteiger partial charge in [-0.05, 0) is 30.5 Å². The fourth-order valence-corrected chi connectivity index (χ4v) is 1.68.